The molecule has 2 aromatic carbocycles. The Balaban J connectivity index is 1.96. The zero-order chi connectivity index (χ0) is 22.6. The zero-order valence-electron chi connectivity index (χ0n) is 18.4. The van der Waals surface area contributed by atoms with Gasteiger partial charge < -0.3 is 19.7 Å². The first-order valence-electron chi connectivity index (χ1n) is 10.5. The van der Waals surface area contributed by atoms with Gasteiger partial charge in [-0.05, 0) is 61.7 Å². The fourth-order valence-corrected chi connectivity index (χ4v) is 3.49. The highest BCUT2D eigenvalue weighted by molar-refractivity contribution is 9.10. The number of ether oxygens (including phenoxy) is 2. The molecule has 2 aromatic rings. The lowest BCUT2D eigenvalue weighted by atomic mass is 10.1. The van der Waals surface area contributed by atoms with Gasteiger partial charge >= 0.3 is 0 Å². The minimum atomic E-state index is -0.555. The lowest BCUT2D eigenvalue weighted by Crippen LogP contribution is -2.47. The van der Waals surface area contributed by atoms with Crippen LogP contribution in [0.3, 0.4) is 0 Å². The highest BCUT2D eigenvalue weighted by Gasteiger charge is 2.25. The van der Waals surface area contributed by atoms with Crippen LogP contribution in [-0.2, 0) is 16.1 Å². The Labute approximate surface area is 193 Å². The molecule has 0 radical (unpaired) electrons. The van der Waals surface area contributed by atoms with Crippen molar-refractivity contribution in [2.45, 2.75) is 45.7 Å². The van der Waals surface area contributed by atoms with E-state index in [-0.39, 0.29) is 11.8 Å². The smallest absolute Gasteiger partial charge is 0.242 e. The maximum Gasteiger partial charge on any atom is 0.242 e. The van der Waals surface area contributed by atoms with Crippen molar-refractivity contribution in [1.29, 1.82) is 0 Å². The van der Waals surface area contributed by atoms with E-state index < -0.39 is 6.04 Å². The largest absolute Gasteiger partial charge is 0.497 e. The quantitative estimate of drug-likeness (QED) is 0.442. The van der Waals surface area contributed by atoms with Gasteiger partial charge in [0.05, 0.1) is 13.7 Å². The van der Waals surface area contributed by atoms with Crippen LogP contribution in [0.2, 0.25) is 0 Å². The number of methoxy groups -OCH3 is 1. The summed E-state index contributed by atoms with van der Waals surface area (Å²) in [7, 11) is 1.62. The minimum absolute atomic E-state index is 0.0718. The second-order valence-corrected chi connectivity index (χ2v) is 8.16. The summed E-state index contributed by atoms with van der Waals surface area (Å²) in [4.78, 5) is 27.2. The van der Waals surface area contributed by atoms with Gasteiger partial charge in [-0.2, -0.15) is 0 Å². The molecule has 7 heteroatoms. The first kappa shape index (κ1) is 24.7. The third kappa shape index (κ3) is 8.25. The van der Waals surface area contributed by atoms with Gasteiger partial charge in [-0.25, -0.2) is 0 Å². The molecule has 1 atom stereocenters. The van der Waals surface area contributed by atoms with Gasteiger partial charge in [0.2, 0.25) is 11.8 Å². The molecule has 31 heavy (non-hydrogen) atoms. The fraction of sp³-hybridized carbons (Fsp3) is 0.417. The standard InChI is InChI=1S/C24H31BrN2O4/c1-4-14-26-24(29)18(2)27(17-19-7-5-8-20(25)16-19)23(28)9-6-15-31-22-12-10-21(30-3)11-13-22/h5,7-8,10-13,16,18H,4,6,9,14-15,17H2,1-3H3,(H,26,29)/t18-/m1/s1. The van der Waals surface area contributed by atoms with Gasteiger partial charge in [0.15, 0.2) is 0 Å². The Kier molecular flexibility index (Phi) is 10.4. The maximum atomic E-state index is 13.0. The second kappa shape index (κ2) is 13.0. The number of benzene rings is 2. The van der Waals surface area contributed by atoms with E-state index in [9.17, 15) is 9.59 Å². The summed E-state index contributed by atoms with van der Waals surface area (Å²) in [6, 6.07) is 14.5. The Hall–Kier alpha value is -2.54. The number of hydrogen-bond acceptors (Lipinski definition) is 4. The van der Waals surface area contributed by atoms with Crippen molar-refractivity contribution in [3.8, 4) is 11.5 Å². The molecule has 1 N–H and O–H groups in total. The van der Waals surface area contributed by atoms with E-state index in [1.165, 1.54) is 0 Å². The molecule has 2 rings (SSSR count). The Bertz CT molecular complexity index is 842. The number of rotatable bonds is 12. The summed E-state index contributed by atoms with van der Waals surface area (Å²) in [5.74, 6) is 1.28. The molecule has 168 valence electrons. The number of carbonyl (C=O) groups excluding carboxylic acids is 2. The molecule has 0 bridgehead atoms. The number of nitrogens with zero attached hydrogens (tertiary/aromatic N) is 1. The van der Waals surface area contributed by atoms with Crippen molar-refractivity contribution in [3.05, 3.63) is 58.6 Å². The third-order valence-corrected chi connectivity index (χ3v) is 5.31. The molecule has 0 spiro atoms. The van der Waals surface area contributed by atoms with E-state index >= 15 is 0 Å². The lowest BCUT2D eigenvalue weighted by Gasteiger charge is -2.29. The van der Waals surface area contributed by atoms with Crippen LogP contribution in [0.15, 0.2) is 53.0 Å². The Morgan fingerprint density at radius 2 is 1.84 bits per heavy atom. The fourth-order valence-electron chi connectivity index (χ4n) is 3.04. The summed E-state index contributed by atoms with van der Waals surface area (Å²) in [6.07, 6.45) is 1.71. The topological polar surface area (TPSA) is 67.9 Å². The van der Waals surface area contributed by atoms with E-state index in [2.05, 4.69) is 21.2 Å². The molecule has 0 saturated carbocycles. The van der Waals surface area contributed by atoms with Crippen LogP contribution in [0.4, 0.5) is 0 Å². The van der Waals surface area contributed by atoms with Gasteiger partial charge in [0.25, 0.3) is 0 Å². The molecule has 0 heterocycles. The number of hydrogen-bond donors (Lipinski definition) is 1. The molecular weight excluding hydrogens is 460 g/mol. The number of carbonyl (C=O) groups is 2. The predicted molar refractivity (Wildman–Crippen MR) is 125 cm³/mol. The van der Waals surface area contributed by atoms with Gasteiger partial charge in [0.1, 0.15) is 17.5 Å². The SMILES string of the molecule is CCCNC(=O)[C@@H](C)N(Cc1cccc(Br)c1)C(=O)CCCOc1ccc(OC)cc1. The van der Waals surface area contributed by atoms with Crippen molar-refractivity contribution in [1.82, 2.24) is 10.2 Å². The van der Waals surface area contributed by atoms with Crippen LogP contribution in [0.1, 0.15) is 38.7 Å². The van der Waals surface area contributed by atoms with Crippen molar-refractivity contribution < 1.29 is 19.1 Å². The van der Waals surface area contributed by atoms with E-state index in [0.717, 1.165) is 28.0 Å². The Morgan fingerprint density at radius 1 is 1.13 bits per heavy atom. The minimum Gasteiger partial charge on any atom is -0.497 e. The van der Waals surface area contributed by atoms with Crippen LogP contribution < -0.4 is 14.8 Å². The summed E-state index contributed by atoms with van der Waals surface area (Å²) in [5, 5.41) is 2.89. The van der Waals surface area contributed by atoms with Crippen molar-refractivity contribution in [3.63, 3.8) is 0 Å². The first-order chi connectivity index (χ1) is 14.9. The second-order valence-electron chi connectivity index (χ2n) is 7.25. The molecule has 0 aliphatic rings. The zero-order valence-corrected chi connectivity index (χ0v) is 20.0. The maximum absolute atomic E-state index is 13.0. The number of amides is 2. The summed E-state index contributed by atoms with van der Waals surface area (Å²) in [6.45, 7) is 5.15. The molecule has 2 amide bonds. The normalized spacial score (nSPS) is 11.5. The van der Waals surface area contributed by atoms with Crippen LogP contribution in [0, 0.1) is 0 Å². The van der Waals surface area contributed by atoms with E-state index in [4.69, 9.17) is 9.47 Å². The molecule has 0 aliphatic carbocycles. The van der Waals surface area contributed by atoms with Crippen LogP contribution >= 0.6 is 15.9 Å². The van der Waals surface area contributed by atoms with E-state index in [0.29, 0.717) is 32.5 Å². The molecule has 0 unspecified atom stereocenters. The van der Waals surface area contributed by atoms with Crippen molar-refractivity contribution >= 4 is 27.7 Å². The van der Waals surface area contributed by atoms with Crippen LogP contribution in [-0.4, -0.2) is 43.0 Å². The van der Waals surface area contributed by atoms with Gasteiger partial charge in [-0.1, -0.05) is 35.0 Å². The van der Waals surface area contributed by atoms with Crippen molar-refractivity contribution in [2.75, 3.05) is 20.3 Å². The average molecular weight is 491 g/mol. The van der Waals surface area contributed by atoms with Gasteiger partial charge in [-0.3, -0.25) is 9.59 Å². The monoisotopic (exact) mass is 490 g/mol. The summed E-state index contributed by atoms with van der Waals surface area (Å²) in [5.41, 5.74) is 0.965. The highest BCUT2D eigenvalue weighted by Crippen LogP contribution is 2.18. The Morgan fingerprint density at radius 3 is 2.48 bits per heavy atom. The molecule has 0 aromatic heterocycles. The van der Waals surface area contributed by atoms with Crippen LogP contribution in [0.25, 0.3) is 0 Å². The molecular formula is C24H31BrN2O4. The van der Waals surface area contributed by atoms with Gasteiger partial charge in [0, 0.05) is 24.0 Å². The van der Waals surface area contributed by atoms with E-state index in [1.54, 1.807) is 18.9 Å². The summed E-state index contributed by atoms with van der Waals surface area (Å²) >= 11 is 3.46. The molecule has 6 nitrogen and oxygen atoms in total. The molecule has 0 fully saturated rings. The first-order valence-corrected chi connectivity index (χ1v) is 11.3. The van der Waals surface area contributed by atoms with E-state index in [1.807, 2.05) is 55.5 Å². The lowest BCUT2D eigenvalue weighted by molar-refractivity contribution is -0.140. The highest BCUT2D eigenvalue weighted by atomic mass is 79.9. The van der Waals surface area contributed by atoms with Gasteiger partial charge in [-0.15, -0.1) is 0 Å². The molecule has 0 aliphatic heterocycles. The third-order valence-electron chi connectivity index (χ3n) is 4.82. The molecule has 0 saturated heterocycles. The average Bonchev–Trinajstić information content (AvgIpc) is 2.78. The van der Waals surface area contributed by atoms with Crippen molar-refractivity contribution in [2.24, 2.45) is 0 Å². The van der Waals surface area contributed by atoms with Crippen LogP contribution in [0.5, 0.6) is 11.5 Å². The number of halogens is 1. The predicted octanol–water partition coefficient (Wildman–Crippen LogP) is 4.56. The summed E-state index contributed by atoms with van der Waals surface area (Å²) < 4.78 is 11.8. The number of nitrogens with one attached hydrogen (secondary N) is 1.